The Balaban J connectivity index is 1.65. The maximum atomic E-state index is 12.3. The highest BCUT2D eigenvalue weighted by molar-refractivity contribution is 7.17. The van der Waals surface area contributed by atoms with Gasteiger partial charge in [0.25, 0.3) is 0 Å². The summed E-state index contributed by atoms with van der Waals surface area (Å²) < 4.78 is 2.07. The molecule has 2 aliphatic rings. The Bertz CT molecular complexity index is 717. The zero-order valence-electron chi connectivity index (χ0n) is 12.2. The van der Waals surface area contributed by atoms with E-state index >= 15 is 0 Å². The molecule has 0 radical (unpaired) electrons. The van der Waals surface area contributed by atoms with Crippen LogP contribution in [0.25, 0.3) is 0 Å². The van der Waals surface area contributed by atoms with Crippen LogP contribution in [0.5, 0.6) is 0 Å². The number of carbonyl (C=O) groups excluding carboxylic acids is 1. The van der Waals surface area contributed by atoms with E-state index in [0.29, 0.717) is 13.0 Å². The average Bonchev–Trinajstić information content (AvgIpc) is 3.01. The van der Waals surface area contributed by atoms with Crippen molar-refractivity contribution in [1.82, 2.24) is 19.7 Å². The van der Waals surface area contributed by atoms with Crippen LogP contribution in [0.2, 0.25) is 0 Å². The fraction of sp³-hybridized carbons (Fsp3) is 0.571. The molecule has 0 aromatic carbocycles. The van der Waals surface area contributed by atoms with Gasteiger partial charge in [-0.3, -0.25) is 4.79 Å². The molecule has 1 aliphatic heterocycles. The summed E-state index contributed by atoms with van der Waals surface area (Å²) in [5.41, 5.74) is 1.00. The van der Waals surface area contributed by atoms with Crippen LogP contribution in [0, 0.1) is 5.41 Å². The molecular weight excluding hydrogens is 286 g/mol. The van der Waals surface area contributed by atoms with Crippen LogP contribution in [-0.2, 0) is 19.5 Å². The highest BCUT2D eigenvalue weighted by Gasteiger charge is 2.35. The second kappa shape index (κ2) is 4.37. The van der Waals surface area contributed by atoms with E-state index in [2.05, 4.69) is 33.5 Å². The molecule has 110 valence electrons. The van der Waals surface area contributed by atoms with E-state index < -0.39 is 0 Å². The summed E-state index contributed by atoms with van der Waals surface area (Å²) in [6, 6.07) is 0. The van der Waals surface area contributed by atoms with Crippen LogP contribution < -0.4 is 4.90 Å². The Morgan fingerprint density at radius 2 is 2.14 bits per heavy atom. The summed E-state index contributed by atoms with van der Waals surface area (Å²) in [6.07, 6.45) is 3.27. The second-order valence-electron chi connectivity index (χ2n) is 6.58. The Labute approximate surface area is 126 Å². The van der Waals surface area contributed by atoms with Crippen LogP contribution in [0.3, 0.4) is 0 Å². The number of hydrogen-bond acceptors (Lipinski definition) is 6. The van der Waals surface area contributed by atoms with Gasteiger partial charge < -0.3 is 9.47 Å². The van der Waals surface area contributed by atoms with Crippen molar-refractivity contribution in [2.24, 2.45) is 5.41 Å². The number of aromatic nitrogens is 4. The quantitative estimate of drug-likeness (QED) is 0.805. The van der Waals surface area contributed by atoms with Gasteiger partial charge in [0, 0.05) is 19.5 Å². The summed E-state index contributed by atoms with van der Waals surface area (Å²) in [6.45, 7) is 6.73. The molecule has 2 aromatic heterocycles. The monoisotopic (exact) mass is 303 g/mol. The highest BCUT2D eigenvalue weighted by atomic mass is 32.1. The molecule has 0 unspecified atom stereocenters. The second-order valence-corrected chi connectivity index (χ2v) is 7.55. The molecule has 0 bridgehead atoms. The van der Waals surface area contributed by atoms with Crippen molar-refractivity contribution < 1.29 is 4.79 Å². The topological polar surface area (TPSA) is 63.9 Å². The highest BCUT2D eigenvalue weighted by Crippen LogP contribution is 2.39. The number of Topliss-reactive ketones (excluding diaryl/α,β-unsaturated/α-hetero) is 1. The molecule has 0 N–H and O–H groups in total. The predicted molar refractivity (Wildman–Crippen MR) is 79.6 cm³/mol. The minimum absolute atomic E-state index is 0.0253. The van der Waals surface area contributed by atoms with Crippen LogP contribution in [-0.4, -0.2) is 32.1 Å². The first kappa shape index (κ1) is 12.9. The first-order valence-electron chi connectivity index (χ1n) is 7.16. The van der Waals surface area contributed by atoms with E-state index in [0.717, 1.165) is 41.0 Å². The molecule has 0 saturated carbocycles. The zero-order chi connectivity index (χ0) is 14.6. The number of anilines is 1. The molecule has 1 aliphatic carbocycles. The number of thiazole rings is 1. The molecule has 0 amide bonds. The van der Waals surface area contributed by atoms with E-state index in [9.17, 15) is 4.79 Å². The number of rotatable bonds is 1. The molecule has 0 spiro atoms. The number of fused-ring (bicyclic) bond motifs is 2. The fourth-order valence-electron chi connectivity index (χ4n) is 3.07. The Morgan fingerprint density at radius 3 is 3.00 bits per heavy atom. The summed E-state index contributed by atoms with van der Waals surface area (Å²) in [5.74, 6) is 1.20. The van der Waals surface area contributed by atoms with Gasteiger partial charge in [0.2, 0.25) is 0 Å². The summed E-state index contributed by atoms with van der Waals surface area (Å²) in [5, 5.41) is 9.02. The largest absolute Gasteiger partial charge is 0.339 e. The summed E-state index contributed by atoms with van der Waals surface area (Å²) in [4.78, 5) is 20.1. The molecule has 7 heteroatoms. The number of ketones is 1. The SMILES string of the molecule is CC1(C)CC(=O)c2sc(N3CCn4cnnc4C3)nc2C1. The number of carbonyl (C=O) groups is 1. The maximum absolute atomic E-state index is 12.3. The van der Waals surface area contributed by atoms with Crippen molar-refractivity contribution in [3.05, 3.63) is 22.7 Å². The van der Waals surface area contributed by atoms with Gasteiger partial charge in [0.1, 0.15) is 6.33 Å². The standard InChI is InChI=1S/C14H17N5OS/c1-14(2)5-9-12(10(20)6-14)21-13(16-9)18-3-4-19-8-15-17-11(19)7-18/h8H,3-7H2,1-2H3. The molecule has 4 rings (SSSR count). The van der Waals surface area contributed by atoms with Gasteiger partial charge in [0.15, 0.2) is 16.7 Å². The van der Waals surface area contributed by atoms with Crippen molar-refractivity contribution in [3.63, 3.8) is 0 Å². The molecular formula is C14H17N5OS. The third-order valence-electron chi connectivity index (χ3n) is 4.13. The number of nitrogens with zero attached hydrogens (tertiary/aromatic N) is 5. The lowest BCUT2D eigenvalue weighted by molar-refractivity contribution is 0.0916. The summed E-state index contributed by atoms with van der Waals surface area (Å²) in [7, 11) is 0. The molecule has 6 nitrogen and oxygen atoms in total. The van der Waals surface area contributed by atoms with Gasteiger partial charge in [-0.05, 0) is 11.8 Å². The fourth-order valence-corrected chi connectivity index (χ4v) is 4.12. The van der Waals surface area contributed by atoms with Gasteiger partial charge in [-0.25, -0.2) is 4.98 Å². The summed E-state index contributed by atoms with van der Waals surface area (Å²) >= 11 is 1.54. The van der Waals surface area contributed by atoms with E-state index in [1.54, 1.807) is 6.33 Å². The van der Waals surface area contributed by atoms with Crippen molar-refractivity contribution in [1.29, 1.82) is 0 Å². The maximum Gasteiger partial charge on any atom is 0.186 e. The van der Waals surface area contributed by atoms with E-state index in [1.807, 2.05) is 0 Å². The van der Waals surface area contributed by atoms with Crippen molar-refractivity contribution >= 4 is 22.3 Å². The smallest absolute Gasteiger partial charge is 0.186 e. The first-order valence-corrected chi connectivity index (χ1v) is 7.98. The Morgan fingerprint density at radius 1 is 1.29 bits per heavy atom. The van der Waals surface area contributed by atoms with E-state index in [4.69, 9.17) is 4.98 Å². The molecule has 0 saturated heterocycles. The van der Waals surface area contributed by atoms with Gasteiger partial charge in [-0.15, -0.1) is 10.2 Å². The van der Waals surface area contributed by atoms with Crippen molar-refractivity contribution in [2.75, 3.05) is 11.4 Å². The lowest BCUT2D eigenvalue weighted by Crippen LogP contribution is -2.33. The lowest BCUT2D eigenvalue weighted by atomic mass is 9.78. The van der Waals surface area contributed by atoms with Crippen molar-refractivity contribution in [3.8, 4) is 0 Å². The third-order valence-corrected chi connectivity index (χ3v) is 5.33. The van der Waals surface area contributed by atoms with Crippen LogP contribution >= 0.6 is 11.3 Å². The zero-order valence-corrected chi connectivity index (χ0v) is 13.0. The third kappa shape index (κ3) is 2.16. The lowest BCUT2D eigenvalue weighted by Gasteiger charge is -2.27. The van der Waals surface area contributed by atoms with E-state index in [1.165, 1.54) is 11.3 Å². The first-order chi connectivity index (χ1) is 10.0. The Kier molecular flexibility index (Phi) is 2.69. The molecule has 2 aromatic rings. The number of hydrogen-bond donors (Lipinski definition) is 0. The molecule has 3 heterocycles. The minimum Gasteiger partial charge on any atom is -0.339 e. The van der Waals surface area contributed by atoms with Crippen LogP contribution in [0.15, 0.2) is 6.33 Å². The van der Waals surface area contributed by atoms with E-state index in [-0.39, 0.29) is 11.2 Å². The van der Waals surface area contributed by atoms with Gasteiger partial charge in [-0.1, -0.05) is 25.2 Å². The average molecular weight is 303 g/mol. The van der Waals surface area contributed by atoms with Gasteiger partial charge in [0.05, 0.1) is 17.1 Å². The van der Waals surface area contributed by atoms with Gasteiger partial charge >= 0.3 is 0 Å². The van der Waals surface area contributed by atoms with Gasteiger partial charge in [-0.2, -0.15) is 0 Å². The molecule has 0 fully saturated rings. The van der Waals surface area contributed by atoms with Crippen LogP contribution in [0.1, 0.15) is 41.5 Å². The molecule has 0 atom stereocenters. The normalized spacial score (nSPS) is 20.3. The van der Waals surface area contributed by atoms with Crippen LogP contribution in [0.4, 0.5) is 5.13 Å². The molecule has 21 heavy (non-hydrogen) atoms. The minimum atomic E-state index is 0.0253. The Hall–Kier alpha value is -1.76. The predicted octanol–water partition coefficient (Wildman–Crippen LogP) is 1.91. The van der Waals surface area contributed by atoms with Crippen molar-refractivity contribution in [2.45, 2.75) is 39.8 Å².